The third-order valence-corrected chi connectivity index (χ3v) is 6.81. The van der Waals surface area contributed by atoms with Crippen molar-refractivity contribution in [3.63, 3.8) is 0 Å². The molecule has 0 bridgehead atoms. The number of hydrogen-bond acceptors (Lipinski definition) is 5. The van der Waals surface area contributed by atoms with Gasteiger partial charge in [-0.1, -0.05) is 36.4 Å². The normalized spacial score (nSPS) is 15.4. The summed E-state index contributed by atoms with van der Waals surface area (Å²) in [6, 6.07) is 15.7. The molecule has 2 aromatic carbocycles. The summed E-state index contributed by atoms with van der Waals surface area (Å²) in [5.41, 5.74) is 0.250. The molecule has 0 aromatic heterocycles. The van der Waals surface area contributed by atoms with Crippen LogP contribution in [0.25, 0.3) is 0 Å². The zero-order chi connectivity index (χ0) is 21.7. The number of carbonyl (C=O) groups excluding carboxylic acids is 3. The highest BCUT2D eigenvalue weighted by Gasteiger charge is 2.39. The Balaban J connectivity index is 1.88. The van der Waals surface area contributed by atoms with Gasteiger partial charge in [-0.3, -0.25) is 14.4 Å². The monoisotopic (exact) mass is 429 g/mol. The number of hydrogen-bond donors (Lipinski definition) is 1. The highest BCUT2D eigenvalue weighted by Crippen LogP contribution is 2.18. The van der Waals surface area contributed by atoms with Crippen molar-refractivity contribution >= 4 is 27.6 Å². The summed E-state index contributed by atoms with van der Waals surface area (Å²) >= 11 is 0. The van der Waals surface area contributed by atoms with Crippen LogP contribution in [-0.2, 0) is 19.4 Å². The summed E-state index contributed by atoms with van der Waals surface area (Å²) in [5, 5.41) is 0.637. The first-order chi connectivity index (χ1) is 14.3. The second kappa shape index (κ2) is 9.08. The molecule has 0 radical (unpaired) electrons. The first kappa shape index (κ1) is 21.5. The highest BCUT2D eigenvalue weighted by atomic mass is 32.2. The Hall–Kier alpha value is -3.20. The summed E-state index contributed by atoms with van der Waals surface area (Å²) in [6.07, 6.45) is 0. The van der Waals surface area contributed by atoms with Crippen LogP contribution in [0, 0.1) is 0 Å². The van der Waals surface area contributed by atoms with Crippen molar-refractivity contribution in [2.45, 2.75) is 17.2 Å². The molecule has 1 N–H and O–H groups in total. The van der Waals surface area contributed by atoms with Crippen molar-refractivity contribution in [1.82, 2.24) is 15.1 Å². The van der Waals surface area contributed by atoms with Gasteiger partial charge in [0.2, 0.25) is 21.1 Å². The first-order valence-electron chi connectivity index (χ1n) is 9.50. The van der Waals surface area contributed by atoms with E-state index in [1.54, 1.807) is 41.3 Å². The number of nitrogens with one attached hydrogen (secondary N) is 1. The maximum Gasteiger partial charge on any atom is 0.261 e. The maximum atomic E-state index is 13.2. The van der Waals surface area contributed by atoms with Gasteiger partial charge in [0.05, 0.1) is 4.90 Å². The van der Waals surface area contributed by atoms with Crippen LogP contribution in [0.1, 0.15) is 17.3 Å². The van der Waals surface area contributed by atoms with Crippen LogP contribution in [0.5, 0.6) is 0 Å². The largest absolute Gasteiger partial charge is 0.339 e. The van der Waals surface area contributed by atoms with Crippen molar-refractivity contribution in [3.05, 3.63) is 66.2 Å². The van der Waals surface area contributed by atoms with Gasteiger partial charge in [-0.2, -0.15) is 0 Å². The number of amides is 3. The Morgan fingerprint density at radius 2 is 1.33 bits per heavy atom. The minimum Gasteiger partial charge on any atom is -0.339 e. The number of benzene rings is 2. The van der Waals surface area contributed by atoms with Gasteiger partial charge in [0.25, 0.3) is 11.8 Å². The average Bonchev–Trinajstić information content (AvgIpc) is 2.78. The molecule has 1 aliphatic heterocycles. The van der Waals surface area contributed by atoms with Crippen LogP contribution in [0.3, 0.4) is 0 Å². The topological polar surface area (TPSA) is 104 Å². The van der Waals surface area contributed by atoms with E-state index in [9.17, 15) is 22.8 Å². The van der Waals surface area contributed by atoms with Crippen molar-refractivity contribution in [1.29, 1.82) is 0 Å². The van der Waals surface area contributed by atoms with E-state index in [1.165, 1.54) is 36.1 Å². The van der Waals surface area contributed by atoms with Gasteiger partial charge in [0, 0.05) is 38.7 Å². The lowest BCUT2D eigenvalue weighted by Crippen LogP contribution is -2.57. The van der Waals surface area contributed by atoms with E-state index in [4.69, 9.17) is 0 Å². The fourth-order valence-electron chi connectivity index (χ4n) is 3.22. The molecule has 0 unspecified atom stereocenters. The van der Waals surface area contributed by atoms with Gasteiger partial charge in [-0.25, -0.2) is 8.42 Å². The summed E-state index contributed by atoms with van der Waals surface area (Å²) < 4.78 is 26.5. The molecule has 0 saturated carbocycles. The molecule has 1 aliphatic rings. The molecule has 30 heavy (non-hydrogen) atoms. The van der Waals surface area contributed by atoms with Crippen LogP contribution in [0.15, 0.2) is 65.6 Å². The molecule has 8 nitrogen and oxygen atoms in total. The molecule has 0 aliphatic carbocycles. The quantitative estimate of drug-likeness (QED) is 0.761. The molecule has 1 fully saturated rings. The molecule has 3 rings (SSSR count). The average molecular weight is 429 g/mol. The van der Waals surface area contributed by atoms with Gasteiger partial charge in [0.1, 0.15) is 0 Å². The van der Waals surface area contributed by atoms with Gasteiger partial charge in [-0.05, 0) is 24.3 Å². The number of carbonyl (C=O) groups is 3. The van der Waals surface area contributed by atoms with Crippen LogP contribution in [-0.4, -0.2) is 67.5 Å². The van der Waals surface area contributed by atoms with Gasteiger partial charge < -0.3 is 15.1 Å². The molecule has 158 valence electrons. The van der Waals surface area contributed by atoms with Crippen LogP contribution in [0.4, 0.5) is 0 Å². The number of rotatable bonds is 5. The Bertz CT molecular complexity index is 1020. The Kier molecular flexibility index (Phi) is 6.51. The lowest BCUT2D eigenvalue weighted by atomic mass is 10.2. The molecule has 0 spiro atoms. The van der Waals surface area contributed by atoms with Crippen molar-refractivity contribution in [3.8, 4) is 0 Å². The van der Waals surface area contributed by atoms with Crippen LogP contribution >= 0.6 is 0 Å². The van der Waals surface area contributed by atoms with Gasteiger partial charge >= 0.3 is 0 Å². The Morgan fingerprint density at radius 1 is 0.833 bits per heavy atom. The smallest absolute Gasteiger partial charge is 0.261 e. The lowest BCUT2D eigenvalue weighted by molar-refractivity contribution is -0.138. The number of piperazine rings is 1. The van der Waals surface area contributed by atoms with Crippen molar-refractivity contribution < 1.29 is 22.8 Å². The van der Waals surface area contributed by atoms with Crippen molar-refractivity contribution in [2.75, 3.05) is 26.2 Å². The second-order valence-electron chi connectivity index (χ2n) is 6.91. The minimum absolute atomic E-state index is 0.0564. The third kappa shape index (κ3) is 4.68. The van der Waals surface area contributed by atoms with E-state index in [0.717, 1.165) is 0 Å². The molecule has 1 atom stereocenters. The predicted molar refractivity (Wildman–Crippen MR) is 110 cm³/mol. The third-order valence-electron chi connectivity index (χ3n) is 4.94. The van der Waals surface area contributed by atoms with E-state index in [-0.39, 0.29) is 29.5 Å². The van der Waals surface area contributed by atoms with E-state index in [0.29, 0.717) is 13.1 Å². The summed E-state index contributed by atoms with van der Waals surface area (Å²) in [7, 11) is -4.19. The lowest BCUT2D eigenvalue weighted by Gasteiger charge is -2.36. The number of nitrogens with zero attached hydrogens (tertiary/aromatic N) is 2. The molecule has 3 amide bonds. The molecule has 1 saturated heterocycles. The van der Waals surface area contributed by atoms with Crippen LogP contribution in [0.2, 0.25) is 0 Å². The van der Waals surface area contributed by atoms with E-state index in [1.807, 2.05) is 0 Å². The van der Waals surface area contributed by atoms with E-state index in [2.05, 4.69) is 5.32 Å². The zero-order valence-electron chi connectivity index (χ0n) is 16.5. The Labute approximate surface area is 175 Å². The van der Waals surface area contributed by atoms with Gasteiger partial charge in [0.15, 0.2) is 0 Å². The summed E-state index contributed by atoms with van der Waals surface area (Å²) in [5.74, 6) is -1.48. The standard InChI is InChI=1S/C21H23N3O5S/c1-16(25)23-12-14-24(15-13-23)21(27)20(22-19(26)17-8-4-2-5-9-17)30(28,29)18-10-6-3-7-11-18/h2-11,20H,12-15H2,1H3,(H,22,26)/t20-/m1/s1. The first-order valence-corrected chi connectivity index (χ1v) is 11.0. The second-order valence-corrected chi connectivity index (χ2v) is 8.94. The highest BCUT2D eigenvalue weighted by molar-refractivity contribution is 7.92. The zero-order valence-corrected chi connectivity index (χ0v) is 17.3. The van der Waals surface area contributed by atoms with Gasteiger partial charge in [-0.15, -0.1) is 0 Å². The molecule has 1 heterocycles. The van der Waals surface area contributed by atoms with E-state index >= 15 is 0 Å². The summed E-state index contributed by atoms with van der Waals surface area (Å²) in [6.45, 7) is 2.46. The summed E-state index contributed by atoms with van der Waals surface area (Å²) in [4.78, 5) is 40.3. The van der Waals surface area contributed by atoms with Crippen molar-refractivity contribution in [2.24, 2.45) is 0 Å². The minimum atomic E-state index is -4.19. The SMILES string of the molecule is CC(=O)N1CCN(C(=O)[C@H](NC(=O)c2ccccc2)S(=O)(=O)c2ccccc2)CC1. The molecular formula is C21H23N3O5S. The predicted octanol–water partition coefficient (Wildman–Crippen LogP) is 0.907. The van der Waals surface area contributed by atoms with E-state index < -0.39 is 27.0 Å². The van der Waals surface area contributed by atoms with Crippen LogP contribution < -0.4 is 5.32 Å². The maximum absolute atomic E-state index is 13.2. The molecule has 2 aromatic rings. The molecule has 9 heteroatoms. The molecular weight excluding hydrogens is 406 g/mol. The fraction of sp³-hybridized carbons (Fsp3) is 0.286. The number of sulfone groups is 1. The Morgan fingerprint density at radius 3 is 1.87 bits per heavy atom. The fourth-order valence-corrected chi connectivity index (χ4v) is 4.70.